The number of rotatable bonds is 5. The Bertz CT molecular complexity index is 1030. The monoisotopic (exact) mass is 378 g/mol. The molecule has 0 fully saturated rings. The largest absolute Gasteiger partial charge is 0.497 e. The predicted octanol–water partition coefficient (Wildman–Crippen LogP) is 4.33. The molecule has 27 heavy (non-hydrogen) atoms. The van der Waals surface area contributed by atoms with Crippen LogP contribution in [0.15, 0.2) is 58.4 Å². The van der Waals surface area contributed by atoms with Gasteiger partial charge in [-0.3, -0.25) is 4.57 Å². The SMILES string of the molecule is COc1cccc(-n2c3c(c(SCc4ccc(C)cc4)nc2=O)CCC3)c1. The van der Waals surface area contributed by atoms with Crippen molar-refractivity contribution in [2.45, 2.75) is 37.0 Å². The summed E-state index contributed by atoms with van der Waals surface area (Å²) in [5, 5.41) is 0.882. The molecule has 1 aliphatic carbocycles. The molecule has 0 saturated carbocycles. The maximum Gasteiger partial charge on any atom is 0.353 e. The van der Waals surface area contributed by atoms with Gasteiger partial charge in [0.15, 0.2) is 0 Å². The number of fused-ring (bicyclic) bond motifs is 1. The summed E-state index contributed by atoms with van der Waals surface area (Å²) in [7, 11) is 1.63. The van der Waals surface area contributed by atoms with Gasteiger partial charge in [-0.05, 0) is 43.9 Å². The molecule has 2 aromatic carbocycles. The lowest BCUT2D eigenvalue weighted by molar-refractivity contribution is 0.414. The molecule has 1 aliphatic rings. The second-order valence-electron chi connectivity index (χ2n) is 6.79. The van der Waals surface area contributed by atoms with Gasteiger partial charge in [-0.15, -0.1) is 11.8 Å². The van der Waals surface area contributed by atoms with Crippen LogP contribution in [0, 0.1) is 6.92 Å². The van der Waals surface area contributed by atoms with E-state index in [1.54, 1.807) is 23.4 Å². The molecule has 0 aliphatic heterocycles. The van der Waals surface area contributed by atoms with Crippen molar-refractivity contribution in [3.05, 3.63) is 81.4 Å². The Kier molecular flexibility index (Phi) is 5.03. The van der Waals surface area contributed by atoms with Gasteiger partial charge >= 0.3 is 5.69 Å². The molecule has 4 rings (SSSR count). The van der Waals surface area contributed by atoms with E-state index in [1.165, 1.54) is 16.7 Å². The van der Waals surface area contributed by atoms with E-state index in [9.17, 15) is 4.79 Å². The first-order valence-corrected chi connectivity index (χ1v) is 10.1. The molecule has 4 nitrogen and oxygen atoms in total. The van der Waals surface area contributed by atoms with Crippen LogP contribution in [-0.4, -0.2) is 16.7 Å². The van der Waals surface area contributed by atoms with Gasteiger partial charge in [0.25, 0.3) is 0 Å². The summed E-state index contributed by atoms with van der Waals surface area (Å²) in [5.74, 6) is 1.56. The molecule has 1 heterocycles. The fourth-order valence-corrected chi connectivity index (χ4v) is 4.53. The number of methoxy groups -OCH3 is 1. The Morgan fingerprint density at radius 2 is 1.96 bits per heavy atom. The highest BCUT2D eigenvalue weighted by atomic mass is 32.2. The van der Waals surface area contributed by atoms with Gasteiger partial charge in [-0.2, -0.15) is 4.98 Å². The highest BCUT2D eigenvalue weighted by molar-refractivity contribution is 7.98. The fraction of sp³-hybridized carbons (Fsp3) is 0.273. The molecule has 0 bridgehead atoms. The molecule has 0 unspecified atom stereocenters. The lowest BCUT2D eigenvalue weighted by atomic mass is 10.2. The van der Waals surface area contributed by atoms with Gasteiger partial charge in [-0.1, -0.05) is 35.9 Å². The first-order valence-electron chi connectivity index (χ1n) is 9.13. The maximum absolute atomic E-state index is 12.9. The van der Waals surface area contributed by atoms with E-state index < -0.39 is 0 Å². The summed E-state index contributed by atoms with van der Waals surface area (Å²) in [4.78, 5) is 17.3. The zero-order valence-electron chi connectivity index (χ0n) is 15.6. The summed E-state index contributed by atoms with van der Waals surface area (Å²) >= 11 is 1.66. The van der Waals surface area contributed by atoms with Crippen LogP contribution in [0.4, 0.5) is 0 Å². The van der Waals surface area contributed by atoms with Crippen molar-refractivity contribution < 1.29 is 4.74 Å². The van der Waals surface area contributed by atoms with Crippen molar-refractivity contribution in [2.24, 2.45) is 0 Å². The quantitative estimate of drug-likeness (QED) is 0.490. The molecule has 3 aromatic rings. The average molecular weight is 378 g/mol. The number of aryl methyl sites for hydroxylation is 1. The van der Waals surface area contributed by atoms with Crippen molar-refractivity contribution >= 4 is 11.8 Å². The molecule has 138 valence electrons. The summed E-state index contributed by atoms with van der Waals surface area (Å²) in [6, 6.07) is 16.1. The second-order valence-corrected chi connectivity index (χ2v) is 7.75. The molecule has 0 amide bonds. The fourth-order valence-electron chi connectivity index (χ4n) is 3.50. The smallest absolute Gasteiger partial charge is 0.353 e. The van der Waals surface area contributed by atoms with Crippen LogP contribution in [0.5, 0.6) is 5.75 Å². The zero-order valence-corrected chi connectivity index (χ0v) is 16.4. The molecule has 0 saturated heterocycles. The number of hydrogen-bond donors (Lipinski definition) is 0. The van der Waals surface area contributed by atoms with E-state index in [4.69, 9.17) is 4.74 Å². The molecule has 0 atom stereocenters. The minimum atomic E-state index is -0.213. The maximum atomic E-state index is 12.9. The van der Waals surface area contributed by atoms with E-state index in [1.807, 2.05) is 24.3 Å². The number of benzene rings is 2. The summed E-state index contributed by atoms with van der Waals surface area (Å²) < 4.78 is 7.07. The standard InChI is InChI=1S/C22H22N2O2S/c1-15-9-11-16(12-10-15)14-27-21-19-7-4-8-20(19)24(22(25)23-21)17-5-3-6-18(13-17)26-2/h3,5-6,9-13H,4,7-8,14H2,1-2H3. The number of nitrogens with zero attached hydrogens (tertiary/aromatic N) is 2. The van der Waals surface area contributed by atoms with E-state index in [-0.39, 0.29) is 5.69 Å². The minimum Gasteiger partial charge on any atom is -0.497 e. The van der Waals surface area contributed by atoms with E-state index in [0.29, 0.717) is 0 Å². The van der Waals surface area contributed by atoms with Crippen LogP contribution in [-0.2, 0) is 18.6 Å². The molecule has 0 radical (unpaired) electrons. The second kappa shape index (κ2) is 7.61. The third-order valence-electron chi connectivity index (χ3n) is 4.91. The van der Waals surface area contributed by atoms with E-state index in [2.05, 4.69) is 36.2 Å². The van der Waals surface area contributed by atoms with Crippen molar-refractivity contribution in [2.75, 3.05) is 7.11 Å². The highest BCUT2D eigenvalue weighted by Gasteiger charge is 2.23. The van der Waals surface area contributed by atoms with Crippen LogP contribution in [0.2, 0.25) is 0 Å². The Morgan fingerprint density at radius 1 is 1.15 bits per heavy atom. The van der Waals surface area contributed by atoms with E-state index in [0.717, 1.165) is 47.2 Å². The first-order chi connectivity index (χ1) is 13.2. The van der Waals surface area contributed by atoms with Crippen molar-refractivity contribution in [3.8, 4) is 11.4 Å². The summed E-state index contributed by atoms with van der Waals surface area (Å²) in [5.41, 5.74) is 5.42. The Balaban J connectivity index is 1.69. The van der Waals surface area contributed by atoms with Crippen LogP contribution >= 0.6 is 11.8 Å². The van der Waals surface area contributed by atoms with Crippen molar-refractivity contribution in [3.63, 3.8) is 0 Å². The Morgan fingerprint density at radius 3 is 2.74 bits per heavy atom. The predicted molar refractivity (Wildman–Crippen MR) is 109 cm³/mol. The van der Waals surface area contributed by atoms with Crippen molar-refractivity contribution in [1.82, 2.24) is 9.55 Å². The van der Waals surface area contributed by atoms with E-state index >= 15 is 0 Å². The summed E-state index contributed by atoms with van der Waals surface area (Å²) in [6.45, 7) is 2.09. The summed E-state index contributed by atoms with van der Waals surface area (Å²) in [6.07, 6.45) is 2.94. The Labute approximate surface area is 163 Å². The van der Waals surface area contributed by atoms with Crippen LogP contribution in [0.3, 0.4) is 0 Å². The molecular formula is C22H22N2O2S. The average Bonchev–Trinajstić information content (AvgIpc) is 3.17. The van der Waals surface area contributed by atoms with Gasteiger partial charge in [0, 0.05) is 23.1 Å². The normalized spacial score (nSPS) is 12.8. The third-order valence-corrected chi connectivity index (χ3v) is 6.00. The Hall–Kier alpha value is -2.53. The molecule has 0 N–H and O–H groups in total. The lowest BCUT2D eigenvalue weighted by Gasteiger charge is -2.15. The topological polar surface area (TPSA) is 44.1 Å². The molecule has 0 spiro atoms. The van der Waals surface area contributed by atoms with Crippen LogP contribution in [0.1, 0.15) is 28.8 Å². The number of ether oxygens (including phenoxy) is 1. The molecule has 5 heteroatoms. The first kappa shape index (κ1) is 17.9. The van der Waals surface area contributed by atoms with Gasteiger partial charge in [-0.25, -0.2) is 4.79 Å². The minimum absolute atomic E-state index is 0.213. The number of hydrogen-bond acceptors (Lipinski definition) is 4. The van der Waals surface area contributed by atoms with Gasteiger partial charge in [0.2, 0.25) is 0 Å². The van der Waals surface area contributed by atoms with Gasteiger partial charge in [0.1, 0.15) is 10.8 Å². The third kappa shape index (κ3) is 3.65. The van der Waals surface area contributed by atoms with Crippen LogP contribution < -0.4 is 10.4 Å². The van der Waals surface area contributed by atoms with Crippen LogP contribution in [0.25, 0.3) is 5.69 Å². The number of thioether (sulfide) groups is 1. The number of aromatic nitrogens is 2. The molecule has 1 aromatic heterocycles. The zero-order chi connectivity index (χ0) is 18.8. The lowest BCUT2D eigenvalue weighted by Crippen LogP contribution is -2.25. The van der Waals surface area contributed by atoms with Gasteiger partial charge < -0.3 is 4.74 Å². The van der Waals surface area contributed by atoms with Gasteiger partial charge in [0.05, 0.1) is 12.8 Å². The highest BCUT2D eigenvalue weighted by Crippen LogP contribution is 2.32. The molecular weight excluding hydrogens is 356 g/mol. The van der Waals surface area contributed by atoms with Crippen molar-refractivity contribution in [1.29, 1.82) is 0 Å².